The molecule has 9 nitrogen and oxygen atoms in total. The zero-order valence-corrected chi connectivity index (χ0v) is 20.4. The monoisotopic (exact) mass is 486 g/mol. The van der Waals surface area contributed by atoms with Gasteiger partial charge in [0.25, 0.3) is 0 Å². The van der Waals surface area contributed by atoms with Gasteiger partial charge in [0.05, 0.1) is 12.3 Å². The van der Waals surface area contributed by atoms with Crippen LogP contribution in [0.25, 0.3) is 0 Å². The molecule has 0 radical (unpaired) electrons. The molecule has 0 bridgehead atoms. The number of nitrogens with one attached hydrogen (secondary N) is 2. The Labute approximate surface area is 200 Å². The lowest BCUT2D eigenvalue weighted by molar-refractivity contribution is -0.138. The second kappa shape index (κ2) is 10.8. The van der Waals surface area contributed by atoms with E-state index in [0.29, 0.717) is 11.4 Å². The third-order valence-corrected chi connectivity index (χ3v) is 7.56. The lowest BCUT2D eigenvalue weighted by atomic mass is 9.95. The van der Waals surface area contributed by atoms with Crippen molar-refractivity contribution in [2.45, 2.75) is 39.8 Å². The fourth-order valence-corrected chi connectivity index (χ4v) is 5.16. The standard InChI is InChI=1S/C24H30N4O5S/c1-4-27(16-23(30)26-21-12-10-20(11-13-21)25-17(3)29)24(31)22-14-18-8-6-7-9-19(18)15-28(22)34(32,33)5-2/h6-13,22H,4-5,14-16H2,1-3H3,(H,25,29)(H,26,30). The summed E-state index contributed by atoms with van der Waals surface area (Å²) in [4.78, 5) is 38.6. The largest absolute Gasteiger partial charge is 0.332 e. The summed E-state index contributed by atoms with van der Waals surface area (Å²) in [5.74, 6) is -1.10. The van der Waals surface area contributed by atoms with E-state index in [1.807, 2.05) is 24.3 Å². The number of anilines is 2. The first-order valence-corrected chi connectivity index (χ1v) is 12.8. The first-order valence-electron chi connectivity index (χ1n) is 11.2. The zero-order chi connectivity index (χ0) is 24.9. The fraction of sp³-hybridized carbons (Fsp3) is 0.375. The van der Waals surface area contributed by atoms with Crippen LogP contribution in [0.5, 0.6) is 0 Å². The van der Waals surface area contributed by atoms with Crippen LogP contribution >= 0.6 is 0 Å². The summed E-state index contributed by atoms with van der Waals surface area (Å²) in [6, 6.07) is 13.2. The van der Waals surface area contributed by atoms with Crippen molar-refractivity contribution in [1.29, 1.82) is 0 Å². The molecular formula is C24H30N4O5S. The third-order valence-electron chi connectivity index (χ3n) is 5.73. The normalized spacial score (nSPS) is 15.8. The van der Waals surface area contributed by atoms with Crippen molar-refractivity contribution in [3.8, 4) is 0 Å². The Bertz CT molecular complexity index is 1160. The summed E-state index contributed by atoms with van der Waals surface area (Å²) >= 11 is 0. The van der Waals surface area contributed by atoms with Gasteiger partial charge in [0.1, 0.15) is 6.04 Å². The Kier molecular flexibility index (Phi) is 8.06. The predicted octanol–water partition coefficient (Wildman–Crippen LogP) is 2.21. The van der Waals surface area contributed by atoms with E-state index in [1.54, 1.807) is 38.1 Å². The summed E-state index contributed by atoms with van der Waals surface area (Å²) < 4.78 is 26.9. The number of carbonyl (C=O) groups excluding carboxylic acids is 3. The minimum atomic E-state index is -3.63. The second-order valence-corrected chi connectivity index (χ2v) is 10.3. The summed E-state index contributed by atoms with van der Waals surface area (Å²) in [5.41, 5.74) is 2.94. The molecule has 0 fully saturated rings. The van der Waals surface area contributed by atoms with E-state index in [4.69, 9.17) is 0 Å². The van der Waals surface area contributed by atoms with E-state index in [2.05, 4.69) is 10.6 Å². The van der Waals surface area contributed by atoms with Gasteiger partial charge < -0.3 is 15.5 Å². The van der Waals surface area contributed by atoms with E-state index in [1.165, 1.54) is 16.1 Å². The molecule has 1 unspecified atom stereocenters. The van der Waals surface area contributed by atoms with E-state index < -0.39 is 27.9 Å². The topological polar surface area (TPSA) is 116 Å². The molecule has 1 atom stereocenters. The molecule has 0 spiro atoms. The number of rotatable bonds is 8. The van der Waals surface area contributed by atoms with Gasteiger partial charge in [-0.3, -0.25) is 14.4 Å². The molecule has 34 heavy (non-hydrogen) atoms. The SMILES string of the molecule is CCN(CC(=O)Nc1ccc(NC(C)=O)cc1)C(=O)C1Cc2ccccc2CN1S(=O)(=O)CC. The molecule has 2 N–H and O–H groups in total. The Morgan fingerprint density at radius 3 is 2.12 bits per heavy atom. The number of benzene rings is 2. The van der Waals surface area contributed by atoms with Crippen molar-refractivity contribution >= 4 is 39.1 Å². The average Bonchev–Trinajstić information content (AvgIpc) is 2.82. The van der Waals surface area contributed by atoms with Gasteiger partial charge in [-0.05, 0) is 55.7 Å². The maximum Gasteiger partial charge on any atom is 0.243 e. The van der Waals surface area contributed by atoms with Crippen LogP contribution in [0.3, 0.4) is 0 Å². The summed E-state index contributed by atoms with van der Waals surface area (Å²) in [5, 5.41) is 5.38. The van der Waals surface area contributed by atoms with E-state index in [0.717, 1.165) is 11.1 Å². The lowest BCUT2D eigenvalue weighted by Gasteiger charge is -2.37. The number of nitrogens with zero attached hydrogens (tertiary/aromatic N) is 2. The van der Waals surface area contributed by atoms with Crippen molar-refractivity contribution in [3.05, 3.63) is 59.7 Å². The average molecular weight is 487 g/mol. The second-order valence-electron chi connectivity index (χ2n) is 8.09. The van der Waals surface area contributed by atoms with Crippen LogP contribution in [0.1, 0.15) is 31.9 Å². The molecule has 10 heteroatoms. The van der Waals surface area contributed by atoms with Gasteiger partial charge in [-0.25, -0.2) is 8.42 Å². The van der Waals surface area contributed by atoms with Gasteiger partial charge in [-0.15, -0.1) is 0 Å². The molecular weight excluding hydrogens is 456 g/mol. The highest BCUT2D eigenvalue weighted by atomic mass is 32.2. The number of hydrogen-bond donors (Lipinski definition) is 2. The summed E-state index contributed by atoms with van der Waals surface area (Å²) in [6.45, 7) is 4.90. The van der Waals surface area contributed by atoms with E-state index in [9.17, 15) is 22.8 Å². The quantitative estimate of drug-likeness (QED) is 0.594. The van der Waals surface area contributed by atoms with Crippen molar-refractivity contribution in [1.82, 2.24) is 9.21 Å². The first-order chi connectivity index (χ1) is 16.1. The van der Waals surface area contributed by atoms with Crippen LogP contribution in [0.4, 0.5) is 11.4 Å². The molecule has 1 aliphatic heterocycles. The number of hydrogen-bond acceptors (Lipinski definition) is 5. The molecule has 1 aliphatic rings. The molecule has 182 valence electrons. The summed E-state index contributed by atoms with van der Waals surface area (Å²) in [6.07, 6.45) is 0.261. The number of likely N-dealkylation sites (N-methyl/N-ethyl adjacent to an activating group) is 1. The van der Waals surface area contributed by atoms with Crippen molar-refractivity contribution in [3.63, 3.8) is 0 Å². The Morgan fingerprint density at radius 1 is 0.971 bits per heavy atom. The number of amides is 3. The van der Waals surface area contributed by atoms with E-state index >= 15 is 0 Å². The Balaban J connectivity index is 1.74. The molecule has 0 saturated carbocycles. The van der Waals surface area contributed by atoms with Gasteiger partial charge in [-0.2, -0.15) is 4.31 Å². The number of carbonyl (C=O) groups is 3. The number of sulfonamides is 1. The molecule has 3 amide bonds. The highest BCUT2D eigenvalue weighted by Crippen LogP contribution is 2.27. The number of fused-ring (bicyclic) bond motifs is 1. The zero-order valence-electron chi connectivity index (χ0n) is 19.6. The smallest absolute Gasteiger partial charge is 0.243 e. The Hall–Kier alpha value is -3.24. The maximum absolute atomic E-state index is 13.4. The summed E-state index contributed by atoms with van der Waals surface area (Å²) in [7, 11) is -3.63. The fourth-order valence-electron chi connectivity index (χ4n) is 3.94. The van der Waals surface area contributed by atoms with Crippen LogP contribution in [-0.2, 0) is 37.4 Å². The van der Waals surface area contributed by atoms with Crippen LogP contribution in [0.2, 0.25) is 0 Å². The van der Waals surface area contributed by atoms with Crippen LogP contribution in [0, 0.1) is 0 Å². The molecule has 2 aromatic rings. The third kappa shape index (κ3) is 6.00. The van der Waals surface area contributed by atoms with Crippen molar-refractivity contribution < 1.29 is 22.8 Å². The minimum Gasteiger partial charge on any atom is -0.332 e. The van der Waals surface area contributed by atoms with Crippen LogP contribution < -0.4 is 10.6 Å². The highest BCUT2D eigenvalue weighted by molar-refractivity contribution is 7.89. The van der Waals surface area contributed by atoms with Crippen molar-refractivity contribution in [2.75, 3.05) is 29.5 Å². The minimum absolute atomic E-state index is 0.111. The van der Waals surface area contributed by atoms with Gasteiger partial charge >= 0.3 is 0 Å². The molecule has 2 aromatic carbocycles. The van der Waals surface area contributed by atoms with Crippen LogP contribution in [0.15, 0.2) is 48.5 Å². The van der Waals surface area contributed by atoms with Gasteiger partial charge in [-0.1, -0.05) is 24.3 Å². The Morgan fingerprint density at radius 2 is 1.56 bits per heavy atom. The predicted molar refractivity (Wildman–Crippen MR) is 131 cm³/mol. The molecule has 1 heterocycles. The molecule has 0 aliphatic carbocycles. The van der Waals surface area contributed by atoms with Gasteiger partial charge in [0.2, 0.25) is 27.7 Å². The molecule has 0 saturated heterocycles. The van der Waals surface area contributed by atoms with Crippen molar-refractivity contribution in [2.24, 2.45) is 0 Å². The highest BCUT2D eigenvalue weighted by Gasteiger charge is 2.39. The first kappa shape index (κ1) is 25.4. The van der Waals surface area contributed by atoms with E-state index in [-0.39, 0.29) is 37.7 Å². The van der Waals surface area contributed by atoms with Crippen LogP contribution in [-0.4, -0.2) is 60.2 Å². The molecule has 0 aromatic heterocycles. The maximum atomic E-state index is 13.4. The lowest BCUT2D eigenvalue weighted by Crippen LogP contribution is -2.54. The van der Waals surface area contributed by atoms with Gasteiger partial charge in [0, 0.05) is 31.4 Å². The van der Waals surface area contributed by atoms with Gasteiger partial charge in [0.15, 0.2) is 0 Å². The molecule has 3 rings (SSSR count).